The third kappa shape index (κ3) is 3.66. The summed E-state index contributed by atoms with van der Waals surface area (Å²) in [6.07, 6.45) is 0.504. The Morgan fingerprint density at radius 3 is 2.82 bits per heavy atom. The highest BCUT2D eigenvalue weighted by atomic mass is 35.5. The average Bonchev–Trinajstić information content (AvgIpc) is 3.16. The molecular formula is C20H18ClN3O4. The fourth-order valence-electron chi connectivity index (χ4n) is 2.97. The zero-order valence-corrected chi connectivity index (χ0v) is 16.0. The van der Waals surface area contributed by atoms with Crippen molar-refractivity contribution in [3.8, 4) is 11.5 Å². The highest BCUT2D eigenvalue weighted by Gasteiger charge is 2.26. The first kappa shape index (κ1) is 18.3. The summed E-state index contributed by atoms with van der Waals surface area (Å²) >= 11 is 6.15. The normalized spacial score (nSPS) is 15.4. The third-order valence-electron chi connectivity index (χ3n) is 4.58. The van der Waals surface area contributed by atoms with Gasteiger partial charge in [0.1, 0.15) is 5.71 Å². The van der Waals surface area contributed by atoms with Gasteiger partial charge in [-0.1, -0.05) is 23.7 Å². The zero-order chi connectivity index (χ0) is 19.7. The van der Waals surface area contributed by atoms with Gasteiger partial charge >= 0.3 is 0 Å². The van der Waals surface area contributed by atoms with E-state index in [0.29, 0.717) is 40.9 Å². The predicted octanol–water partition coefficient (Wildman–Crippen LogP) is 3.18. The molecular weight excluding hydrogens is 382 g/mol. The smallest absolute Gasteiger partial charge is 0.267 e. The van der Waals surface area contributed by atoms with E-state index in [1.54, 1.807) is 12.1 Å². The van der Waals surface area contributed by atoms with Crippen LogP contribution in [0.5, 0.6) is 11.5 Å². The molecule has 0 spiro atoms. The standard InChI is InChI=1S/C20H18ClN3O4/c1-12-2-4-14(9-15(12)21)24-19(25)7-5-16(23-24)20(26)22-10-13-3-6-17-18(8-13)28-11-27-17/h2-4,6,8-9H,5,7,10-11H2,1H3,(H,22,26). The second-order valence-corrected chi connectivity index (χ2v) is 6.96. The third-order valence-corrected chi connectivity index (χ3v) is 4.99. The molecule has 0 aliphatic carbocycles. The van der Waals surface area contributed by atoms with Crippen molar-refractivity contribution in [1.82, 2.24) is 5.32 Å². The summed E-state index contributed by atoms with van der Waals surface area (Å²) in [4.78, 5) is 24.8. The molecule has 2 amide bonds. The first-order chi connectivity index (χ1) is 13.5. The molecule has 0 saturated heterocycles. The van der Waals surface area contributed by atoms with E-state index in [1.807, 2.05) is 31.2 Å². The predicted molar refractivity (Wildman–Crippen MR) is 105 cm³/mol. The number of hydrazone groups is 1. The number of carbonyl (C=O) groups excluding carboxylic acids is 2. The highest BCUT2D eigenvalue weighted by Crippen LogP contribution is 2.32. The maximum atomic E-state index is 12.5. The molecule has 0 bridgehead atoms. The number of halogens is 1. The van der Waals surface area contributed by atoms with Gasteiger partial charge in [0.05, 0.1) is 5.69 Å². The minimum atomic E-state index is -0.312. The van der Waals surface area contributed by atoms with Crippen LogP contribution < -0.4 is 19.8 Å². The summed E-state index contributed by atoms with van der Waals surface area (Å²) in [5, 5.41) is 8.88. The maximum Gasteiger partial charge on any atom is 0.267 e. The molecule has 2 aliphatic heterocycles. The molecule has 0 radical (unpaired) electrons. The number of aryl methyl sites for hydroxylation is 1. The second-order valence-electron chi connectivity index (χ2n) is 6.56. The number of anilines is 1. The number of amides is 2. The Morgan fingerprint density at radius 2 is 2.00 bits per heavy atom. The fourth-order valence-corrected chi connectivity index (χ4v) is 3.14. The molecule has 7 nitrogen and oxygen atoms in total. The Labute approximate surface area is 166 Å². The molecule has 0 fully saturated rings. The van der Waals surface area contributed by atoms with Crippen LogP contribution in [0.3, 0.4) is 0 Å². The van der Waals surface area contributed by atoms with E-state index in [-0.39, 0.29) is 25.0 Å². The zero-order valence-electron chi connectivity index (χ0n) is 15.2. The molecule has 2 aliphatic rings. The molecule has 8 heteroatoms. The van der Waals surface area contributed by atoms with Gasteiger partial charge in [-0.25, -0.2) is 5.01 Å². The molecule has 144 valence electrons. The lowest BCUT2D eigenvalue weighted by molar-refractivity contribution is -0.119. The maximum absolute atomic E-state index is 12.5. The number of fused-ring (bicyclic) bond motifs is 1. The van der Waals surface area contributed by atoms with Gasteiger partial charge in [-0.3, -0.25) is 9.59 Å². The Bertz CT molecular complexity index is 989. The van der Waals surface area contributed by atoms with Gasteiger partial charge < -0.3 is 14.8 Å². The summed E-state index contributed by atoms with van der Waals surface area (Å²) in [5.74, 6) is 0.869. The fraction of sp³-hybridized carbons (Fsp3) is 0.250. The van der Waals surface area contributed by atoms with Gasteiger partial charge in [-0.05, 0) is 42.3 Å². The number of hydrogen-bond donors (Lipinski definition) is 1. The van der Waals surface area contributed by atoms with Crippen molar-refractivity contribution in [3.05, 3.63) is 52.5 Å². The van der Waals surface area contributed by atoms with Crippen molar-refractivity contribution in [2.75, 3.05) is 11.8 Å². The Morgan fingerprint density at radius 1 is 1.18 bits per heavy atom. The van der Waals surface area contributed by atoms with Crippen LogP contribution in [0, 0.1) is 6.92 Å². The van der Waals surface area contributed by atoms with Crippen LogP contribution in [0.15, 0.2) is 41.5 Å². The van der Waals surface area contributed by atoms with E-state index in [9.17, 15) is 9.59 Å². The van der Waals surface area contributed by atoms with E-state index in [0.717, 1.165) is 11.1 Å². The van der Waals surface area contributed by atoms with Gasteiger partial charge in [-0.15, -0.1) is 0 Å². The number of rotatable bonds is 4. The molecule has 4 rings (SSSR count). The van der Waals surface area contributed by atoms with Crippen LogP contribution in [-0.4, -0.2) is 24.3 Å². The van der Waals surface area contributed by atoms with Gasteiger partial charge in [0.15, 0.2) is 11.5 Å². The summed E-state index contributed by atoms with van der Waals surface area (Å²) in [6.45, 7) is 2.40. The first-order valence-corrected chi connectivity index (χ1v) is 9.22. The number of benzene rings is 2. The van der Waals surface area contributed by atoms with E-state index >= 15 is 0 Å². The van der Waals surface area contributed by atoms with Crippen molar-refractivity contribution in [3.63, 3.8) is 0 Å². The number of nitrogens with zero attached hydrogens (tertiary/aromatic N) is 2. The van der Waals surface area contributed by atoms with Crippen molar-refractivity contribution < 1.29 is 19.1 Å². The Hall–Kier alpha value is -3.06. The first-order valence-electron chi connectivity index (χ1n) is 8.84. The molecule has 2 aromatic carbocycles. The van der Waals surface area contributed by atoms with E-state index in [2.05, 4.69) is 10.4 Å². The summed E-state index contributed by atoms with van der Waals surface area (Å²) in [5.41, 5.74) is 2.63. The Balaban J connectivity index is 1.47. The molecule has 1 N–H and O–H groups in total. The molecule has 0 aromatic heterocycles. The lowest BCUT2D eigenvalue weighted by Gasteiger charge is -2.23. The van der Waals surface area contributed by atoms with Gasteiger partial charge in [0.2, 0.25) is 12.7 Å². The SMILES string of the molecule is Cc1ccc(N2N=C(C(=O)NCc3ccc4c(c3)OCO4)CCC2=O)cc1Cl. The lowest BCUT2D eigenvalue weighted by atomic mass is 10.1. The van der Waals surface area contributed by atoms with Crippen LogP contribution in [0.1, 0.15) is 24.0 Å². The number of carbonyl (C=O) groups is 2. The molecule has 28 heavy (non-hydrogen) atoms. The van der Waals surface area contributed by atoms with E-state index in [4.69, 9.17) is 21.1 Å². The summed E-state index contributed by atoms with van der Waals surface area (Å²) < 4.78 is 10.6. The molecule has 2 aromatic rings. The topological polar surface area (TPSA) is 80.2 Å². The molecule has 0 unspecified atom stereocenters. The summed E-state index contributed by atoms with van der Waals surface area (Å²) in [7, 11) is 0. The van der Waals surface area contributed by atoms with Crippen molar-refractivity contribution in [2.45, 2.75) is 26.3 Å². The second kappa shape index (κ2) is 7.52. The van der Waals surface area contributed by atoms with Crippen LogP contribution in [0.4, 0.5) is 5.69 Å². The van der Waals surface area contributed by atoms with E-state index < -0.39 is 0 Å². The van der Waals surface area contributed by atoms with Gasteiger partial charge in [-0.2, -0.15) is 5.10 Å². The monoisotopic (exact) mass is 399 g/mol. The van der Waals surface area contributed by atoms with Crippen LogP contribution in [-0.2, 0) is 16.1 Å². The minimum absolute atomic E-state index is 0.174. The molecule has 0 atom stereocenters. The largest absolute Gasteiger partial charge is 0.454 e. The van der Waals surface area contributed by atoms with Crippen molar-refractivity contribution in [2.24, 2.45) is 5.10 Å². The lowest BCUT2D eigenvalue weighted by Crippen LogP contribution is -2.38. The molecule has 2 heterocycles. The summed E-state index contributed by atoms with van der Waals surface area (Å²) in [6, 6.07) is 10.7. The Kier molecular flexibility index (Phi) is 4.92. The number of hydrogen-bond acceptors (Lipinski definition) is 5. The van der Waals surface area contributed by atoms with Gasteiger partial charge in [0.25, 0.3) is 5.91 Å². The van der Waals surface area contributed by atoms with Crippen LogP contribution in [0.2, 0.25) is 5.02 Å². The number of ether oxygens (including phenoxy) is 2. The molecule has 0 saturated carbocycles. The van der Waals surface area contributed by atoms with E-state index in [1.165, 1.54) is 5.01 Å². The van der Waals surface area contributed by atoms with Crippen molar-refractivity contribution >= 4 is 34.8 Å². The van der Waals surface area contributed by atoms with Crippen LogP contribution >= 0.6 is 11.6 Å². The van der Waals surface area contributed by atoms with Crippen LogP contribution in [0.25, 0.3) is 0 Å². The van der Waals surface area contributed by atoms with Gasteiger partial charge in [0, 0.05) is 24.4 Å². The van der Waals surface area contributed by atoms with Crippen molar-refractivity contribution in [1.29, 1.82) is 0 Å². The number of nitrogens with one attached hydrogen (secondary N) is 1. The minimum Gasteiger partial charge on any atom is -0.454 e. The quantitative estimate of drug-likeness (QED) is 0.856. The average molecular weight is 400 g/mol. The highest BCUT2D eigenvalue weighted by molar-refractivity contribution is 6.40.